The van der Waals surface area contributed by atoms with Crippen LogP contribution in [0.1, 0.15) is 18.1 Å². The molecule has 0 saturated heterocycles. The highest BCUT2D eigenvalue weighted by Gasteiger charge is 2.11. The van der Waals surface area contributed by atoms with Crippen molar-refractivity contribution in [3.05, 3.63) is 29.3 Å². The molecular formula is C11H15NO2. The van der Waals surface area contributed by atoms with E-state index in [1.807, 2.05) is 32.0 Å². The SMILES string of the molecule is Cc1ccc(OC(C)C(N)=O)c(C)c1. The largest absolute Gasteiger partial charge is 0.481 e. The van der Waals surface area contributed by atoms with Gasteiger partial charge in [-0.1, -0.05) is 17.7 Å². The van der Waals surface area contributed by atoms with Gasteiger partial charge in [0.2, 0.25) is 0 Å². The molecule has 76 valence electrons. The zero-order valence-corrected chi connectivity index (χ0v) is 8.70. The molecule has 2 N–H and O–H groups in total. The zero-order valence-electron chi connectivity index (χ0n) is 8.70. The van der Waals surface area contributed by atoms with E-state index in [1.165, 1.54) is 5.56 Å². The van der Waals surface area contributed by atoms with Crippen molar-refractivity contribution in [2.45, 2.75) is 26.9 Å². The maximum absolute atomic E-state index is 10.8. The Labute approximate surface area is 83.9 Å². The van der Waals surface area contributed by atoms with Crippen molar-refractivity contribution in [1.82, 2.24) is 0 Å². The first-order valence-corrected chi connectivity index (χ1v) is 4.54. The minimum atomic E-state index is -0.587. The van der Waals surface area contributed by atoms with E-state index in [-0.39, 0.29) is 0 Å². The van der Waals surface area contributed by atoms with Gasteiger partial charge in [0.15, 0.2) is 6.10 Å². The number of ether oxygens (including phenoxy) is 1. The van der Waals surface area contributed by atoms with E-state index in [4.69, 9.17) is 10.5 Å². The lowest BCUT2D eigenvalue weighted by Crippen LogP contribution is -2.30. The average molecular weight is 193 g/mol. The normalized spacial score (nSPS) is 12.2. The Kier molecular flexibility index (Phi) is 3.12. The molecule has 0 aromatic heterocycles. The Morgan fingerprint density at radius 1 is 1.43 bits per heavy atom. The van der Waals surface area contributed by atoms with E-state index in [2.05, 4.69) is 0 Å². The summed E-state index contributed by atoms with van der Waals surface area (Å²) in [6.45, 7) is 5.59. The Morgan fingerprint density at radius 2 is 2.07 bits per heavy atom. The highest BCUT2D eigenvalue weighted by molar-refractivity contribution is 5.78. The highest BCUT2D eigenvalue weighted by atomic mass is 16.5. The average Bonchev–Trinajstić information content (AvgIpc) is 2.09. The van der Waals surface area contributed by atoms with Crippen LogP contribution in [0.25, 0.3) is 0 Å². The minimum Gasteiger partial charge on any atom is -0.481 e. The summed E-state index contributed by atoms with van der Waals surface area (Å²) in [4.78, 5) is 10.8. The van der Waals surface area contributed by atoms with Crippen molar-refractivity contribution in [2.24, 2.45) is 5.73 Å². The molecule has 0 aliphatic heterocycles. The van der Waals surface area contributed by atoms with E-state index in [0.29, 0.717) is 5.75 Å². The van der Waals surface area contributed by atoms with Gasteiger partial charge < -0.3 is 10.5 Å². The summed E-state index contributed by atoms with van der Waals surface area (Å²) >= 11 is 0. The molecule has 0 bridgehead atoms. The number of hydrogen-bond donors (Lipinski definition) is 1. The van der Waals surface area contributed by atoms with Crippen LogP contribution in [-0.2, 0) is 4.79 Å². The second-order valence-electron chi connectivity index (χ2n) is 3.43. The molecule has 0 aliphatic carbocycles. The first-order chi connectivity index (χ1) is 6.50. The van der Waals surface area contributed by atoms with Gasteiger partial charge in [-0.25, -0.2) is 0 Å². The fourth-order valence-electron chi connectivity index (χ4n) is 1.18. The number of aryl methyl sites for hydroxylation is 2. The van der Waals surface area contributed by atoms with Crippen LogP contribution >= 0.6 is 0 Å². The summed E-state index contributed by atoms with van der Waals surface area (Å²) < 4.78 is 5.39. The van der Waals surface area contributed by atoms with Crippen molar-refractivity contribution in [1.29, 1.82) is 0 Å². The molecule has 1 unspecified atom stereocenters. The van der Waals surface area contributed by atoms with Gasteiger partial charge in [-0.3, -0.25) is 4.79 Å². The van der Waals surface area contributed by atoms with E-state index in [0.717, 1.165) is 5.56 Å². The second-order valence-corrected chi connectivity index (χ2v) is 3.43. The van der Waals surface area contributed by atoms with E-state index < -0.39 is 12.0 Å². The molecule has 3 nitrogen and oxygen atoms in total. The van der Waals surface area contributed by atoms with Crippen LogP contribution in [0.2, 0.25) is 0 Å². The van der Waals surface area contributed by atoms with Gasteiger partial charge >= 0.3 is 0 Å². The number of amides is 1. The van der Waals surface area contributed by atoms with Gasteiger partial charge in [0, 0.05) is 0 Å². The molecule has 1 aromatic carbocycles. The molecule has 0 saturated carbocycles. The van der Waals surface area contributed by atoms with Gasteiger partial charge in [0.25, 0.3) is 5.91 Å². The maximum Gasteiger partial charge on any atom is 0.258 e. The summed E-state index contributed by atoms with van der Waals surface area (Å²) in [5.41, 5.74) is 7.28. The minimum absolute atomic E-state index is 0.454. The van der Waals surface area contributed by atoms with E-state index in [1.54, 1.807) is 6.92 Å². The molecule has 0 radical (unpaired) electrons. The van der Waals surface area contributed by atoms with Crippen molar-refractivity contribution < 1.29 is 9.53 Å². The van der Waals surface area contributed by atoms with Crippen LogP contribution in [0.4, 0.5) is 0 Å². The second kappa shape index (κ2) is 4.13. The summed E-state index contributed by atoms with van der Waals surface area (Å²) in [5.74, 6) is 0.256. The number of carbonyl (C=O) groups is 1. The van der Waals surface area contributed by atoms with Crippen LogP contribution in [-0.4, -0.2) is 12.0 Å². The summed E-state index contributed by atoms with van der Waals surface area (Å²) in [5, 5.41) is 0. The fourth-order valence-corrected chi connectivity index (χ4v) is 1.18. The van der Waals surface area contributed by atoms with Crippen molar-refractivity contribution in [2.75, 3.05) is 0 Å². The first kappa shape index (κ1) is 10.6. The van der Waals surface area contributed by atoms with Gasteiger partial charge in [-0.2, -0.15) is 0 Å². The number of rotatable bonds is 3. The standard InChI is InChI=1S/C11H15NO2/c1-7-4-5-10(8(2)6-7)14-9(3)11(12)13/h4-6,9H,1-3H3,(H2,12,13). The Balaban J connectivity index is 2.82. The van der Waals surface area contributed by atoms with Crippen LogP contribution < -0.4 is 10.5 Å². The number of hydrogen-bond acceptors (Lipinski definition) is 2. The monoisotopic (exact) mass is 193 g/mol. The Morgan fingerprint density at radius 3 is 2.57 bits per heavy atom. The molecule has 3 heteroatoms. The molecule has 1 atom stereocenters. The molecule has 0 heterocycles. The molecular weight excluding hydrogens is 178 g/mol. The molecule has 1 aromatic rings. The summed E-state index contributed by atoms with van der Waals surface area (Å²) in [6, 6.07) is 5.79. The Hall–Kier alpha value is -1.51. The maximum atomic E-state index is 10.8. The van der Waals surface area contributed by atoms with Crippen molar-refractivity contribution in [3.8, 4) is 5.75 Å². The third-order valence-corrected chi connectivity index (χ3v) is 2.03. The molecule has 1 amide bonds. The molecule has 0 spiro atoms. The number of primary amides is 1. The third-order valence-electron chi connectivity index (χ3n) is 2.03. The van der Waals surface area contributed by atoms with Crippen molar-refractivity contribution >= 4 is 5.91 Å². The number of nitrogens with two attached hydrogens (primary N) is 1. The van der Waals surface area contributed by atoms with Crippen molar-refractivity contribution in [3.63, 3.8) is 0 Å². The summed E-state index contributed by atoms with van der Waals surface area (Å²) in [6.07, 6.45) is -0.587. The van der Waals surface area contributed by atoms with Crippen LogP contribution in [0.3, 0.4) is 0 Å². The lowest BCUT2D eigenvalue weighted by atomic mass is 10.1. The molecule has 0 aliphatic rings. The zero-order chi connectivity index (χ0) is 10.7. The summed E-state index contributed by atoms with van der Waals surface area (Å²) in [7, 11) is 0. The van der Waals surface area contributed by atoms with Crippen LogP contribution in [0.5, 0.6) is 5.75 Å². The van der Waals surface area contributed by atoms with Gasteiger partial charge in [-0.15, -0.1) is 0 Å². The quantitative estimate of drug-likeness (QED) is 0.792. The molecule has 1 rings (SSSR count). The number of benzene rings is 1. The lowest BCUT2D eigenvalue weighted by molar-refractivity contribution is -0.123. The highest BCUT2D eigenvalue weighted by Crippen LogP contribution is 2.19. The van der Waals surface area contributed by atoms with E-state index in [9.17, 15) is 4.79 Å². The molecule has 14 heavy (non-hydrogen) atoms. The van der Waals surface area contributed by atoms with Crippen LogP contribution in [0.15, 0.2) is 18.2 Å². The predicted molar refractivity (Wildman–Crippen MR) is 55.2 cm³/mol. The smallest absolute Gasteiger partial charge is 0.258 e. The van der Waals surface area contributed by atoms with Gasteiger partial charge in [-0.05, 0) is 32.4 Å². The topological polar surface area (TPSA) is 52.3 Å². The number of carbonyl (C=O) groups excluding carboxylic acids is 1. The van der Waals surface area contributed by atoms with Gasteiger partial charge in [0.05, 0.1) is 0 Å². The molecule has 0 fully saturated rings. The Bertz CT molecular complexity index is 347. The lowest BCUT2D eigenvalue weighted by Gasteiger charge is -2.13. The predicted octanol–water partition coefficient (Wildman–Crippen LogP) is 1.56. The first-order valence-electron chi connectivity index (χ1n) is 4.54. The van der Waals surface area contributed by atoms with Crippen LogP contribution in [0, 0.1) is 13.8 Å². The van der Waals surface area contributed by atoms with E-state index >= 15 is 0 Å². The third kappa shape index (κ3) is 2.49. The fraction of sp³-hybridized carbons (Fsp3) is 0.364. The van der Waals surface area contributed by atoms with Gasteiger partial charge in [0.1, 0.15) is 5.75 Å².